The number of ketones is 1. The highest BCUT2D eigenvalue weighted by Crippen LogP contribution is 2.44. The predicted molar refractivity (Wildman–Crippen MR) is 142 cm³/mol. The number of aromatic hydroxyl groups is 1. The molecule has 4 heterocycles. The summed E-state index contributed by atoms with van der Waals surface area (Å²) in [6, 6.07) is 12.6. The first-order chi connectivity index (χ1) is 18.4. The smallest absolute Gasteiger partial charge is 0.250 e. The number of nitrogens with zero attached hydrogens (tertiary/aromatic N) is 2. The van der Waals surface area contributed by atoms with Crippen LogP contribution >= 0.6 is 0 Å². The van der Waals surface area contributed by atoms with Gasteiger partial charge in [-0.2, -0.15) is 0 Å². The Balaban J connectivity index is 1.32. The second-order valence-corrected chi connectivity index (χ2v) is 10.3. The van der Waals surface area contributed by atoms with Crippen molar-refractivity contribution in [2.75, 3.05) is 27.3 Å². The van der Waals surface area contributed by atoms with Crippen LogP contribution in [0.2, 0.25) is 0 Å². The number of likely N-dealkylation sites (tertiary alicyclic amines) is 1. The van der Waals surface area contributed by atoms with Gasteiger partial charge in [0.15, 0.2) is 17.3 Å². The number of pyridine rings is 1. The summed E-state index contributed by atoms with van der Waals surface area (Å²) in [6.45, 7) is 4.51. The van der Waals surface area contributed by atoms with E-state index < -0.39 is 0 Å². The van der Waals surface area contributed by atoms with Crippen molar-refractivity contribution in [3.8, 4) is 23.0 Å². The Kier molecular flexibility index (Phi) is 5.99. The molecule has 0 spiro atoms. The molecular formula is C30H30N2O6. The molecule has 38 heavy (non-hydrogen) atoms. The van der Waals surface area contributed by atoms with E-state index in [1.807, 2.05) is 28.8 Å². The van der Waals surface area contributed by atoms with Crippen LogP contribution in [0.3, 0.4) is 0 Å². The lowest BCUT2D eigenvalue weighted by atomic mass is 9.83. The number of methoxy groups -OCH3 is 2. The number of aromatic nitrogens is 1. The third-order valence-electron chi connectivity index (χ3n) is 7.88. The summed E-state index contributed by atoms with van der Waals surface area (Å²) in [4.78, 5) is 28.2. The SMILES string of the molecule is COc1cccc(/C=C2\Oc3c(CN4C[C@H]5C[C@@H](C4)c4cccc(=O)n4C5)c(O)cc(C)c3C2=O)c1OC. The normalized spacial score (nSPS) is 21.1. The maximum atomic E-state index is 13.5. The van der Waals surface area contributed by atoms with Gasteiger partial charge in [0, 0.05) is 49.4 Å². The zero-order valence-electron chi connectivity index (χ0n) is 21.7. The Bertz CT molecular complexity index is 1540. The molecule has 0 unspecified atom stereocenters. The number of para-hydroxylation sites is 1. The lowest BCUT2D eigenvalue weighted by Gasteiger charge is -2.43. The highest BCUT2D eigenvalue weighted by atomic mass is 16.5. The van der Waals surface area contributed by atoms with Crippen molar-refractivity contribution in [3.63, 3.8) is 0 Å². The summed E-state index contributed by atoms with van der Waals surface area (Å²) >= 11 is 0. The molecule has 196 valence electrons. The fraction of sp³-hybridized carbons (Fsp3) is 0.333. The number of phenolic OH excluding ortho intramolecular Hbond substituents is 1. The number of phenols is 1. The molecule has 8 heteroatoms. The average Bonchev–Trinajstić information content (AvgIpc) is 3.23. The number of benzene rings is 2. The fourth-order valence-electron chi connectivity index (χ4n) is 6.25. The molecular weight excluding hydrogens is 484 g/mol. The van der Waals surface area contributed by atoms with E-state index in [1.165, 1.54) is 0 Å². The molecule has 2 atom stereocenters. The molecule has 6 rings (SSSR count). The van der Waals surface area contributed by atoms with Gasteiger partial charge in [0.1, 0.15) is 11.5 Å². The number of hydrogen-bond acceptors (Lipinski definition) is 7. The van der Waals surface area contributed by atoms with E-state index in [9.17, 15) is 14.7 Å². The number of ether oxygens (including phenoxy) is 3. The standard InChI is InChI=1S/C30H30N2O6/c1-17-10-23(33)21(16-31-13-18-11-20(15-31)22-7-5-9-26(34)32(22)14-18)30-27(17)28(35)25(38-30)12-19-6-4-8-24(36-2)29(19)37-3/h4-10,12,18,20,33H,11,13-16H2,1-3H3/b25-12-/t18-,20+/m1/s1. The highest BCUT2D eigenvalue weighted by molar-refractivity contribution is 6.16. The number of carbonyl (C=O) groups excluding carboxylic acids is 1. The molecule has 1 saturated heterocycles. The first-order valence-electron chi connectivity index (χ1n) is 12.8. The number of Topliss-reactive ketones (excluding diaryl/α,β-unsaturated/α-hetero) is 1. The molecule has 1 fully saturated rings. The highest BCUT2D eigenvalue weighted by Gasteiger charge is 2.37. The lowest BCUT2D eigenvalue weighted by molar-refractivity contribution is 0.101. The molecule has 2 aromatic carbocycles. The zero-order valence-corrected chi connectivity index (χ0v) is 21.7. The number of hydrogen-bond donors (Lipinski definition) is 1. The van der Waals surface area contributed by atoms with E-state index in [0.29, 0.717) is 58.5 Å². The first kappa shape index (κ1) is 24.3. The summed E-state index contributed by atoms with van der Waals surface area (Å²) in [5.41, 5.74) is 3.52. The van der Waals surface area contributed by atoms with Gasteiger partial charge in [-0.05, 0) is 49.1 Å². The molecule has 0 amide bonds. The van der Waals surface area contributed by atoms with Crippen molar-refractivity contribution < 1.29 is 24.1 Å². The van der Waals surface area contributed by atoms with Gasteiger partial charge in [0.05, 0.1) is 25.3 Å². The lowest BCUT2D eigenvalue weighted by Crippen LogP contribution is -2.46. The Morgan fingerprint density at radius 2 is 1.89 bits per heavy atom. The molecule has 3 aromatic rings. The van der Waals surface area contributed by atoms with Crippen LogP contribution in [0.1, 0.15) is 45.1 Å². The maximum Gasteiger partial charge on any atom is 0.250 e. The van der Waals surface area contributed by atoms with Crippen LogP contribution in [0.5, 0.6) is 23.0 Å². The molecule has 3 aliphatic heterocycles. The Morgan fingerprint density at radius 1 is 1.08 bits per heavy atom. The third kappa shape index (κ3) is 3.96. The number of fused-ring (bicyclic) bond motifs is 5. The van der Waals surface area contributed by atoms with Crippen LogP contribution in [0.15, 0.2) is 53.0 Å². The Morgan fingerprint density at radius 3 is 2.68 bits per heavy atom. The van der Waals surface area contributed by atoms with Crippen LogP contribution in [0.4, 0.5) is 0 Å². The van der Waals surface area contributed by atoms with Gasteiger partial charge in [0.25, 0.3) is 5.56 Å². The molecule has 1 aromatic heterocycles. The van der Waals surface area contributed by atoms with Crippen LogP contribution in [-0.4, -0.2) is 47.7 Å². The second kappa shape index (κ2) is 9.36. The minimum Gasteiger partial charge on any atom is -0.507 e. The van der Waals surface area contributed by atoms with Crippen molar-refractivity contribution >= 4 is 11.9 Å². The van der Waals surface area contributed by atoms with Crippen molar-refractivity contribution in [2.24, 2.45) is 5.92 Å². The number of carbonyl (C=O) groups is 1. The van der Waals surface area contributed by atoms with Gasteiger partial charge in [-0.1, -0.05) is 18.2 Å². The minimum absolute atomic E-state index is 0.0542. The van der Waals surface area contributed by atoms with Gasteiger partial charge < -0.3 is 23.9 Å². The molecule has 0 saturated carbocycles. The van der Waals surface area contributed by atoms with Crippen molar-refractivity contribution in [3.05, 3.63) is 86.5 Å². The van der Waals surface area contributed by atoms with Crippen LogP contribution in [0.25, 0.3) is 6.08 Å². The van der Waals surface area contributed by atoms with Crippen molar-refractivity contribution in [1.29, 1.82) is 0 Å². The first-order valence-corrected chi connectivity index (χ1v) is 12.8. The topological polar surface area (TPSA) is 90.2 Å². The number of aryl methyl sites for hydroxylation is 1. The summed E-state index contributed by atoms with van der Waals surface area (Å²) in [5, 5.41) is 11.0. The Labute approximate surface area is 220 Å². The minimum atomic E-state index is -0.229. The number of rotatable bonds is 5. The molecule has 3 aliphatic rings. The van der Waals surface area contributed by atoms with Crippen molar-refractivity contribution in [1.82, 2.24) is 9.47 Å². The predicted octanol–water partition coefficient (Wildman–Crippen LogP) is 4.12. The monoisotopic (exact) mass is 514 g/mol. The van der Waals surface area contributed by atoms with Crippen molar-refractivity contribution in [2.45, 2.75) is 32.4 Å². The van der Waals surface area contributed by atoms with Crippen LogP contribution in [0, 0.1) is 12.8 Å². The van der Waals surface area contributed by atoms with Gasteiger partial charge in [-0.3, -0.25) is 14.5 Å². The largest absolute Gasteiger partial charge is 0.507 e. The summed E-state index contributed by atoms with van der Waals surface area (Å²) < 4.78 is 19.0. The van der Waals surface area contributed by atoms with Gasteiger partial charge in [-0.25, -0.2) is 0 Å². The second-order valence-electron chi connectivity index (χ2n) is 10.3. The van der Waals surface area contributed by atoms with E-state index in [-0.39, 0.29) is 28.8 Å². The fourth-order valence-corrected chi connectivity index (χ4v) is 6.25. The average molecular weight is 515 g/mol. The molecule has 2 bridgehead atoms. The van der Waals surface area contributed by atoms with E-state index in [0.717, 1.165) is 25.2 Å². The van der Waals surface area contributed by atoms with Crippen LogP contribution < -0.4 is 19.8 Å². The van der Waals surface area contributed by atoms with Gasteiger partial charge >= 0.3 is 0 Å². The molecule has 0 radical (unpaired) electrons. The summed E-state index contributed by atoms with van der Waals surface area (Å²) in [6.07, 6.45) is 2.70. The van der Waals surface area contributed by atoms with Crippen LogP contribution in [-0.2, 0) is 13.1 Å². The van der Waals surface area contributed by atoms with E-state index in [2.05, 4.69) is 4.90 Å². The zero-order chi connectivity index (χ0) is 26.6. The number of allylic oxidation sites excluding steroid dienone is 1. The van der Waals surface area contributed by atoms with Gasteiger partial charge in [0.2, 0.25) is 5.78 Å². The Hall–Kier alpha value is -4.04. The summed E-state index contributed by atoms with van der Waals surface area (Å²) in [7, 11) is 3.11. The van der Waals surface area contributed by atoms with E-state index >= 15 is 0 Å². The molecule has 8 nitrogen and oxygen atoms in total. The van der Waals surface area contributed by atoms with E-state index in [1.54, 1.807) is 45.4 Å². The quantitative estimate of drug-likeness (QED) is 0.513. The maximum absolute atomic E-state index is 13.5. The molecule has 1 N–H and O–H groups in total. The summed E-state index contributed by atoms with van der Waals surface area (Å²) in [5.74, 6) is 2.12. The third-order valence-corrected chi connectivity index (χ3v) is 7.88. The number of piperidine rings is 1. The van der Waals surface area contributed by atoms with Gasteiger partial charge in [-0.15, -0.1) is 0 Å². The van der Waals surface area contributed by atoms with E-state index in [4.69, 9.17) is 14.2 Å². The molecule has 0 aliphatic carbocycles.